The van der Waals surface area contributed by atoms with E-state index in [1.54, 1.807) is 23.1 Å². The van der Waals surface area contributed by atoms with Crippen LogP contribution in [0.4, 0.5) is 16.2 Å². The number of carbonyl (C=O) groups is 2. The van der Waals surface area contributed by atoms with E-state index in [2.05, 4.69) is 17.4 Å². The third-order valence-electron chi connectivity index (χ3n) is 6.05. The van der Waals surface area contributed by atoms with Crippen LogP contribution < -0.4 is 11.1 Å². The van der Waals surface area contributed by atoms with Crippen LogP contribution in [0.25, 0.3) is 0 Å². The maximum Gasteiger partial charge on any atom is 0.410 e. The summed E-state index contributed by atoms with van der Waals surface area (Å²) in [7, 11) is 0. The topological polar surface area (TPSA) is 84.7 Å². The first kappa shape index (κ1) is 20.1. The van der Waals surface area contributed by atoms with E-state index in [0.29, 0.717) is 35.9 Å². The molecule has 1 heterocycles. The fraction of sp³-hybridized carbons (Fsp3) is 0.231. The number of nitrogens with one attached hydrogen (secondary N) is 1. The summed E-state index contributed by atoms with van der Waals surface area (Å²) >= 11 is 0. The predicted molar refractivity (Wildman–Crippen MR) is 123 cm³/mol. The molecule has 0 aromatic heterocycles. The minimum Gasteiger partial charge on any atom is -0.445 e. The van der Waals surface area contributed by atoms with E-state index < -0.39 is 0 Å². The fourth-order valence-electron chi connectivity index (χ4n) is 4.01. The van der Waals surface area contributed by atoms with Gasteiger partial charge in [0.15, 0.2) is 0 Å². The van der Waals surface area contributed by atoms with Crippen LogP contribution in [0.5, 0.6) is 0 Å². The maximum atomic E-state index is 12.6. The van der Waals surface area contributed by atoms with Crippen LogP contribution in [0.1, 0.15) is 51.4 Å². The van der Waals surface area contributed by atoms with Crippen molar-refractivity contribution in [1.82, 2.24) is 4.90 Å². The van der Waals surface area contributed by atoms with Gasteiger partial charge in [-0.3, -0.25) is 9.69 Å². The molecule has 1 aliphatic carbocycles. The summed E-state index contributed by atoms with van der Waals surface area (Å²) in [6, 6.07) is 20.9. The Kier molecular flexibility index (Phi) is 5.27. The first-order chi connectivity index (χ1) is 15.6. The summed E-state index contributed by atoms with van der Waals surface area (Å²) < 4.78 is 5.52. The quantitative estimate of drug-likeness (QED) is 0.558. The van der Waals surface area contributed by atoms with Crippen LogP contribution in [-0.4, -0.2) is 16.9 Å². The number of nitrogen functional groups attached to an aromatic ring is 1. The van der Waals surface area contributed by atoms with Gasteiger partial charge in [-0.25, -0.2) is 4.79 Å². The highest BCUT2D eigenvalue weighted by Crippen LogP contribution is 2.39. The van der Waals surface area contributed by atoms with Crippen LogP contribution in [0.2, 0.25) is 0 Å². The van der Waals surface area contributed by atoms with Crippen molar-refractivity contribution in [3.63, 3.8) is 0 Å². The van der Waals surface area contributed by atoms with Crippen molar-refractivity contribution in [3.05, 3.63) is 94.5 Å². The Morgan fingerprint density at radius 2 is 1.72 bits per heavy atom. The van der Waals surface area contributed by atoms with Gasteiger partial charge in [-0.15, -0.1) is 0 Å². The number of nitrogens with zero attached hydrogens (tertiary/aromatic N) is 1. The van der Waals surface area contributed by atoms with Gasteiger partial charge < -0.3 is 15.8 Å². The second-order valence-corrected chi connectivity index (χ2v) is 8.45. The van der Waals surface area contributed by atoms with Crippen molar-refractivity contribution in [2.45, 2.75) is 38.5 Å². The van der Waals surface area contributed by atoms with Crippen molar-refractivity contribution in [3.8, 4) is 0 Å². The zero-order valence-electron chi connectivity index (χ0n) is 17.7. The predicted octanol–water partition coefficient (Wildman–Crippen LogP) is 5.05. The molecule has 1 saturated carbocycles. The summed E-state index contributed by atoms with van der Waals surface area (Å²) in [5.41, 5.74) is 11.8. The van der Waals surface area contributed by atoms with E-state index in [-0.39, 0.29) is 18.6 Å². The van der Waals surface area contributed by atoms with Gasteiger partial charge in [0.25, 0.3) is 5.91 Å². The van der Waals surface area contributed by atoms with E-state index in [0.717, 1.165) is 16.7 Å². The Bertz CT molecular complexity index is 1170. The fourth-order valence-corrected chi connectivity index (χ4v) is 4.01. The summed E-state index contributed by atoms with van der Waals surface area (Å²) in [5.74, 6) is 0.480. The zero-order chi connectivity index (χ0) is 22.1. The second kappa shape index (κ2) is 8.38. The van der Waals surface area contributed by atoms with Crippen LogP contribution in [-0.2, 0) is 24.4 Å². The van der Waals surface area contributed by atoms with Crippen molar-refractivity contribution < 1.29 is 14.3 Å². The summed E-state index contributed by atoms with van der Waals surface area (Å²) in [6.07, 6.45) is 2.19. The number of hydrogen-bond donors (Lipinski definition) is 2. The molecular weight excluding hydrogens is 402 g/mol. The largest absolute Gasteiger partial charge is 0.445 e. The van der Waals surface area contributed by atoms with Gasteiger partial charge in [0, 0.05) is 18.7 Å². The van der Waals surface area contributed by atoms with E-state index >= 15 is 0 Å². The van der Waals surface area contributed by atoms with Gasteiger partial charge in [0.2, 0.25) is 0 Å². The average Bonchev–Trinajstić information content (AvgIpc) is 3.57. The summed E-state index contributed by atoms with van der Waals surface area (Å²) in [5, 5.41) is 2.84. The van der Waals surface area contributed by atoms with E-state index in [1.165, 1.54) is 18.4 Å². The summed E-state index contributed by atoms with van der Waals surface area (Å²) in [4.78, 5) is 26.9. The molecule has 0 radical (unpaired) electrons. The Morgan fingerprint density at radius 3 is 2.47 bits per heavy atom. The number of hydrogen-bond acceptors (Lipinski definition) is 4. The molecule has 3 aromatic rings. The number of ether oxygens (including phenoxy) is 1. The molecule has 6 nitrogen and oxygen atoms in total. The van der Waals surface area contributed by atoms with Crippen LogP contribution >= 0.6 is 0 Å². The molecule has 5 rings (SSSR count). The normalized spacial score (nSPS) is 14.7. The van der Waals surface area contributed by atoms with Crippen LogP contribution in [0, 0.1) is 0 Å². The third-order valence-corrected chi connectivity index (χ3v) is 6.05. The maximum absolute atomic E-state index is 12.6. The Hall–Kier alpha value is -3.80. The highest BCUT2D eigenvalue weighted by molar-refractivity contribution is 6.05. The highest BCUT2D eigenvalue weighted by atomic mass is 16.6. The third kappa shape index (κ3) is 4.30. The molecule has 3 N–H and O–H groups in total. The van der Waals surface area contributed by atoms with Gasteiger partial charge in [-0.2, -0.15) is 0 Å². The molecule has 3 aromatic carbocycles. The standard InChI is InChI=1S/C26H25N3O3/c27-23-3-1-2-4-24(23)28-25(30)20-11-12-21-14-29(15-22(21)13-20)26(31)32-16-17-5-7-18(8-6-17)19-9-10-19/h1-8,11-13,19H,9-10,14-16,27H2,(H,28,30). The number of carbonyl (C=O) groups excluding carboxylic acids is 2. The smallest absolute Gasteiger partial charge is 0.410 e. The molecular formula is C26H25N3O3. The lowest BCUT2D eigenvalue weighted by molar-refractivity contribution is 0.0955. The lowest BCUT2D eigenvalue weighted by Gasteiger charge is -2.15. The number of rotatable bonds is 5. The lowest BCUT2D eigenvalue weighted by atomic mass is 10.1. The molecule has 2 amide bonds. The zero-order valence-corrected chi connectivity index (χ0v) is 17.7. The number of amides is 2. The average molecular weight is 428 g/mol. The number of anilines is 2. The monoisotopic (exact) mass is 427 g/mol. The van der Waals surface area contributed by atoms with E-state index in [9.17, 15) is 9.59 Å². The molecule has 6 heteroatoms. The first-order valence-corrected chi connectivity index (χ1v) is 10.8. The molecule has 1 aliphatic heterocycles. The van der Waals surface area contributed by atoms with E-state index in [1.807, 2.05) is 36.4 Å². The van der Waals surface area contributed by atoms with Gasteiger partial charge in [0.05, 0.1) is 11.4 Å². The minimum absolute atomic E-state index is 0.235. The van der Waals surface area contributed by atoms with Crippen LogP contribution in [0.15, 0.2) is 66.7 Å². The van der Waals surface area contributed by atoms with Crippen molar-refractivity contribution >= 4 is 23.4 Å². The first-order valence-electron chi connectivity index (χ1n) is 10.8. The van der Waals surface area contributed by atoms with Gasteiger partial charge >= 0.3 is 6.09 Å². The van der Waals surface area contributed by atoms with Crippen molar-refractivity contribution in [2.75, 3.05) is 11.1 Å². The SMILES string of the molecule is Nc1ccccc1NC(=O)c1ccc2c(c1)CN(C(=O)OCc1ccc(C3CC3)cc1)C2. The second-order valence-electron chi connectivity index (χ2n) is 8.45. The Balaban J connectivity index is 1.18. The molecule has 2 aliphatic rings. The molecule has 0 saturated heterocycles. The number of nitrogens with two attached hydrogens (primary N) is 1. The van der Waals surface area contributed by atoms with Gasteiger partial charge in [0.1, 0.15) is 6.61 Å². The molecule has 162 valence electrons. The Morgan fingerprint density at radius 1 is 0.969 bits per heavy atom. The lowest BCUT2D eigenvalue weighted by Crippen LogP contribution is -2.26. The highest BCUT2D eigenvalue weighted by Gasteiger charge is 2.26. The molecule has 0 atom stereocenters. The molecule has 1 fully saturated rings. The van der Waals surface area contributed by atoms with Gasteiger partial charge in [-0.05, 0) is 65.3 Å². The van der Waals surface area contributed by atoms with E-state index in [4.69, 9.17) is 10.5 Å². The summed E-state index contributed by atoms with van der Waals surface area (Å²) in [6.45, 7) is 1.15. The number of fused-ring (bicyclic) bond motifs is 1. The molecule has 0 unspecified atom stereocenters. The van der Waals surface area contributed by atoms with Crippen molar-refractivity contribution in [2.24, 2.45) is 0 Å². The minimum atomic E-state index is -0.351. The molecule has 0 bridgehead atoms. The molecule has 0 spiro atoms. The van der Waals surface area contributed by atoms with Crippen LogP contribution in [0.3, 0.4) is 0 Å². The Labute approximate surface area is 187 Å². The van der Waals surface area contributed by atoms with Gasteiger partial charge in [-0.1, -0.05) is 42.5 Å². The molecule has 32 heavy (non-hydrogen) atoms. The number of para-hydroxylation sites is 2. The number of benzene rings is 3. The van der Waals surface area contributed by atoms with Crippen molar-refractivity contribution in [1.29, 1.82) is 0 Å².